The topological polar surface area (TPSA) is 89.3 Å². The van der Waals surface area contributed by atoms with Crippen molar-refractivity contribution < 1.29 is 17.6 Å². The van der Waals surface area contributed by atoms with Gasteiger partial charge in [-0.1, -0.05) is 20.3 Å². The average molecular weight is 302 g/mol. The highest BCUT2D eigenvalue weighted by Crippen LogP contribution is 2.15. The van der Waals surface area contributed by atoms with Crippen LogP contribution in [-0.2, 0) is 10.0 Å². The Morgan fingerprint density at radius 3 is 2.50 bits per heavy atom. The molecule has 0 aromatic heterocycles. The van der Waals surface area contributed by atoms with Gasteiger partial charge in [0.25, 0.3) is 5.91 Å². The standard InChI is InChI=1S/C13H19FN2O3S/c1-4-8(2)9(3)16-13(17)11-7-10(20(15,18)19)5-6-12(11)14/h5-9H,4H2,1-3H3,(H,16,17)(H2,15,18,19). The van der Waals surface area contributed by atoms with E-state index in [0.29, 0.717) is 0 Å². The second-order valence-electron chi connectivity index (χ2n) is 4.83. The molecule has 0 aliphatic carbocycles. The SMILES string of the molecule is CCC(C)C(C)NC(=O)c1cc(S(N)(=O)=O)ccc1F. The number of nitrogens with one attached hydrogen (secondary N) is 1. The lowest BCUT2D eigenvalue weighted by Gasteiger charge is -2.20. The number of primary sulfonamides is 1. The Morgan fingerprint density at radius 1 is 1.40 bits per heavy atom. The van der Waals surface area contributed by atoms with Gasteiger partial charge in [0.2, 0.25) is 10.0 Å². The monoisotopic (exact) mass is 302 g/mol. The molecule has 3 N–H and O–H groups in total. The van der Waals surface area contributed by atoms with E-state index in [1.807, 2.05) is 20.8 Å². The van der Waals surface area contributed by atoms with Crippen molar-refractivity contribution in [2.24, 2.45) is 11.1 Å². The number of rotatable bonds is 5. The summed E-state index contributed by atoms with van der Waals surface area (Å²) in [5.41, 5.74) is -0.327. The van der Waals surface area contributed by atoms with Gasteiger partial charge in [0.1, 0.15) is 5.82 Å². The van der Waals surface area contributed by atoms with E-state index < -0.39 is 21.7 Å². The molecule has 0 bridgehead atoms. The van der Waals surface area contributed by atoms with Crippen molar-refractivity contribution in [3.8, 4) is 0 Å². The maximum absolute atomic E-state index is 13.6. The molecule has 0 spiro atoms. The molecule has 20 heavy (non-hydrogen) atoms. The Morgan fingerprint density at radius 2 is 2.00 bits per heavy atom. The molecule has 2 atom stereocenters. The first-order chi connectivity index (χ1) is 9.16. The number of nitrogens with two attached hydrogens (primary N) is 1. The van der Waals surface area contributed by atoms with Crippen LogP contribution in [0.15, 0.2) is 23.1 Å². The zero-order valence-corrected chi connectivity index (χ0v) is 12.5. The Hall–Kier alpha value is -1.47. The summed E-state index contributed by atoms with van der Waals surface area (Å²) in [6, 6.07) is 2.75. The quantitative estimate of drug-likeness (QED) is 0.866. The molecule has 1 aromatic rings. The maximum Gasteiger partial charge on any atom is 0.254 e. The number of hydrogen-bond acceptors (Lipinski definition) is 3. The van der Waals surface area contributed by atoms with Gasteiger partial charge in [-0.05, 0) is 31.0 Å². The Kier molecular flexibility index (Phi) is 5.24. The van der Waals surface area contributed by atoms with Gasteiger partial charge in [-0.25, -0.2) is 17.9 Å². The highest BCUT2D eigenvalue weighted by atomic mass is 32.2. The Labute approximate surface area is 118 Å². The highest BCUT2D eigenvalue weighted by molar-refractivity contribution is 7.89. The van der Waals surface area contributed by atoms with Crippen LogP contribution in [0.5, 0.6) is 0 Å². The summed E-state index contributed by atoms with van der Waals surface area (Å²) in [7, 11) is -3.97. The molecular formula is C13H19FN2O3S. The number of halogens is 1. The summed E-state index contributed by atoms with van der Waals surface area (Å²) in [4.78, 5) is 11.7. The molecule has 7 heteroatoms. The molecule has 0 radical (unpaired) electrons. The van der Waals surface area contributed by atoms with Gasteiger partial charge < -0.3 is 5.32 Å². The van der Waals surface area contributed by atoms with E-state index in [1.165, 1.54) is 0 Å². The lowest BCUT2D eigenvalue weighted by atomic mass is 10.0. The van der Waals surface area contributed by atoms with E-state index >= 15 is 0 Å². The van der Waals surface area contributed by atoms with Crippen LogP contribution < -0.4 is 10.5 Å². The van der Waals surface area contributed by atoms with Crippen molar-refractivity contribution in [3.05, 3.63) is 29.6 Å². The molecule has 5 nitrogen and oxygen atoms in total. The largest absolute Gasteiger partial charge is 0.349 e. The molecule has 0 aliphatic rings. The van der Waals surface area contributed by atoms with Crippen molar-refractivity contribution in [2.75, 3.05) is 0 Å². The average Bonchev–Trinajstić information content (AvgIpc) is 2.36. The van der Waals surface area contributed by atoms with E-state index in [9.17, 15) is 17.6 Å². The molecular weight excluding hydrogens is 283 g/mol. The van der Waals surface area contributed by atoms with Crippen molar-refractivity contribution in [2.45, 2.75) is 38.1 Å². The summed E-state index contributed by atoms with van der Waals surface area (Å²) in [6.07, 6.45) is 0.862. The van der Waals surface area contributed by atoms with Gasteiger partial charge >= 0.3 is 0 Å². The highest BCUT2D eigenvalue weighted by Gasteiger charge is 2.19. The zero-order valence-electron chi connectivity index (χ0n) is 11.7. The fraction of sp³-hybridized carbons (Fsp3) is 0.462. The van der Waals surface area contributed by atoms with E-state index in [1.54, 1.807) is 0 Å². The third-order valence-corrected chi connectivity index (χ3v) is 4.28. The van der Waals surface area contributed by atoms with Gasteiger partial charge in [-0.2, -0.15) is 0 Å². The second-order valence-corrected chi connectivity index (χ2v) is 6.40. The molecule has 1 rings (SSSR count). The molecule has 0 aliphatic heterocycles. The first-order valence-corrected chi connectivity index (χ1v) is 7.84. The summed E-state index contributed by atoms with van der Waals surface area (Å²) < 4.78 is 36.1. The van der Waals surface area contributed by atoms with Crippen LogP contribution in [0, 0.1) is 11.7 Å². The second kappa shape index (κ2) is 6.32. The van der Waals surface area contributed by atoms with E-state index in [2.05, 4.69) is 5.32 Å². The van der Waals surface area contributed by atoms with Gasteiger partial charge in [-0.15, -0.1) is 0 Å². The third kappa shape index (κ3) is 4.01. The molecule has 0 fully saturated rings. The lowest BCUT2D eigenvalue weighted by Crippen LogP contribution is -2.37. The van der Waals surface area contributed by atoms with Gasteiger partial charge in [0.15, 0.2) is 0 Å². The molecule has 0 saturated heterocycles. The van der Waals surface area contributed by atoms with Gasteiger partial charge in [0, 0.05) is 6.04 Å². The van der Waals surface area contributed by atoms with Gasteiger partial charge in [-0.3, -0.25) is 4.79 Å². The number of hydrogen-bond donors (Lipinski definition) is 2. The van der Waals surface area contributed by atoms with Crippen LogP contribution in [0.4, 0.5) is 4.39 Å². The van der Waals surface area contributed by atoms with Crippen molar-refractivity contribution in [1.82, 2.24) is 5.32 Å². The normalized spacial score (nSPS) is 14.7. The fourth-order valence-electron chi connectivity index (χ4n) is 1.64. The lowest BCUT2D eigenvalue weighted by molar-refractivity contribution is 0.0924. The summed E-state index contributed by atoms with van der Waals surface area (Å²) >= 11 is 0. The Balaban J connectivity index is 3.04. The van der Waals surface area contributed by atoms with Crippen LogP contribution in [0.25, 0.3) is 0 Å². The smallest absolute Gasteiger partial charge is 0.254 e. The van der Waals surface area contributed by atoms with E-state index in [-0.39, 0.29) is 22.4 Å². The van der Waals surface area contributed by atoms with E-state index in [0.717, 1.165) is 24.6 Å². The van der Waals surface area contributed by atoms with Crippen molar-refractivity contribution >= 4 is 15.9 Å². The van der Waals surface area contributed by atoms with E-state index in [4.69, 9.17) is 5.14 Å². The van der Waals surface area contributed by atoms with Crippen molar-refractivity contribution in [3.63, 3.8) is 0 Å². The molecule has 1 aromatic carbocycles. The maximum atomic E-state index is 13.6. The van der Waals surface area contributed by atoms with Crippen LogP contribution in [0.1, 0.15) is 37.6 Å². The van der Waals surface area contributed by atoms with Gasteiger partial charge in [0.05, 0.1) is 10.5 Å². The third-order valence-electron chi connectivity index (χ3n) is 3.37. The first kappa shape index (κ1) is 16.6. The fourth-order valence-corrected chi connectivity index (χ4v) is 2.18. The van der Waals surface area contributed by atoms with Crippen LogP contribution in [0.2, 0.25) is 0 Å². The number of carbonyl (C=O) groups is 1. The minimum atomic E-state index is -3.97. The minimum absolute atomic E-state index is 0.148. The summed E-state index contributed by atoms with van der Waals surface area (Å²) in [5.74, 6) is -1.21. The molecule has 1 amide bonds. The number of benzene rings is 1. The van der Waals surface area contributed by atoms with Crippen LogP contribution in [0.3, 0.4) is 0 Å². The number of amides is 1. The zero-order chi connectivity index (χ0) is 15.5. The molecule has 2 unspecified atom stereocenters. The van der Waals surface area contributed by atoms with Crippen molar-refractivity contribution in [1.29, 1.82) is 0 Å². The minimum Gasteiger partial charge on any atom is -0.349 e. The predicted octanol–water partition coefficient (Wildman–Crippen LogP) is 1.64. The summed E-state index contributed by atoms with van der Waals surface area (Å²) in [5, 5.41) is 7.62. The number of carbonyl (C=O) groups excluding carboxylic acids is 1. The molecule has 0 heterocycles. The predicted molar refractivity (Wildman–Crippen MR) is 74.2 cm³/mol. The Bertz CT molecular complexity index is 602. The first-order valence-electron chi connectivity index (χ1n) is 6.30. The van der Waals surface area contributed by atoms with Crippen LogP contribution in [-0.4, -0.2) is 20.4 Å². The molecule has 0 saturated carbocycles. The molecule has 112 valence electrons. The summed E-state index contributed by atoms with van der Waals surface area (Å²) in [6.45, 7) is 5.76. The number of sulfonamides is 1. The van der Waals surface area contributed by atoms with Crippen LogP contribution >= 0.6 is 0 Å².